The second-order valence-corrected chi connectivity index (χ2v) is 5.57. The quantitative estimate of drug-likeness (QED) is 0.779. The average molecular weight is 322 g/mol. The van der Waals surface area contributed by atoms with E-state index in [4.69, 9.17) is 4.52 Å². The molecule has 6 heteroatoms. The second kappa shape index (κ2) is 7.04. The third kappa shape index (κ3) is 3.84. The summed E-state index contributed by atoms with van der Waals surface area (Å²) in [5, 5.41) is 6.77. The Morgan fingerprint density at radius 3 is 2.79 bits per heavy atom. The van der Waals surface area contributed by atoms with Gasteiger partial charge in [0.25, 0.3) is 0 Å². The Bertz CT molecular complexity index is 843. The molecule has 1 amide bonds. The highest BCUT2D eigenvalue weighted by molar-refractivity contribution is 5.90. The van der Waals surface area contributed by atoms with Crippen LogP contribution >= 0.6 is 0 Å². The van der Waals surface area contributed by atoms with Gasteiger partial charge in [-0.25, -0.2) is 0 Å². The highest BCUT2D eigenvalue weighted by Gasteiger charge is 2.11. The summed E-state index contributed by atoms with van der Waals surface area (Å²) in [7, 11) is 0. The molecule has 3 aromatic rings. The number of aromatic nitrogens is 3. The van der Waals surface area contributed by atoms with Crippen LogP contribution in [0.4, 0.5) is 5.69 Å². The van der Waals surface area contributed by atoms with Crippen LogP contribution in [0.15, 0.2) is 47.1 Å². The van der Waals surface area contributed by atoms with Crippen LogP contribution in [0, 0.1) is 13.8 Å². The van der Waals surface area contributed by atoms with Crippen molar-refractivity contribution in [1.29, 1.82) is 0 Å². The molecule has 0 atom stereocenters. The molecule has 1 N–H and O–H groups in total. The zero-order valence-electron chi connectivity index (χ0n) is 13.6. The number of aryl methyl sites for hydroxylation is 3. The molecular formula is C18H18N4O2. The molecule has 0 aliphatic carbocycles. The van der Waals surface area contributed by atoms with Gasteiger partial charge in [-0.2, -0.15) is 4.98 Å². The van der Waals surface area contributed by atoms with Crippen LogP contribution in [0.25, 0.3) is 11.5 Å². The maximum atomic E-state index is 12.0. The van der Waals surface area contributed by atoms with Crippen molar-refractivity contribution in [3.05, 3.63) is 59.6 Å². The summed E-state index contributed by atoms with van der Waals surface area (Å²) in [6.45, 7) is 4.05. The second-order valence-electron chi connectivity index (χ2n) is 5.57. The van der Waals surface area contributed by atoms with E-state index in [1.807, 2.05) is 44.2 Å². The van der Waals surface area contributed by atoms with Gasteiger partial charge in [0, 0.05) is 24.7 Å². The Morgan fingerprint density at radius 1 is 1.17 bits per heavy atom. The Kier molecular flexibility index (Phi) is 4.65. The molecule has 0 aliphatic rings. The molecule has 0 radical (unpaired) electrons. The first-order valence-electron chi connectivity index (χ1n) is 7.73. The summed E-state index contributed by atoms with van der Waals surface area (Å²) in [5.74, 6) is 0.766. The van der Waals surface area contributed by atoms with E-state index < -0.39 is 0 Å². The molecule has 0 unspecified atom stereocenters. The third-order valence-corrected chi connectivity index (χ3v) is 3.72. The summed E-state index contributed by atoms with van der Waals surface area (Å²) in [5.41, 5.74) is 3.78. The van der Waals surface area contributed by atoms with Gasteiger partial charge in [-0.1, -0.05) is 17.3 Å². The van der Waals surface area contributed by atoms with Crippen molar-refractivity contribution in [2.75, 3.05) is 5.32 Å². The van der Waals surface area contributed by atoms with Gasteiger partial charge in [0.2, 0.25) is 17.6 Å². The van der Waals surface area contributed by atoms with Crippen molar-refractivity contribution in [3.63, 3.8) is 0 Å². The molecule has 2 aromatic heterocycles. The average Bonchev–Trinajstić information content (AvgIpc) is 3.06. The molecule has 0 aliphatic heterocycles. The number of carbonyl (C=O) groups excluding carboxylic acids is 1. The van der Waals surface area contributed by atoms with Crippen LogP contribution in [0.3, 0.4) is 0 Å². The molecule has 0 spiro atoms. The molecule has 3 rings (SSSR count). The van der Waals surface area contributed by atoms with E-state index in [1.165, 1.54) is 5.56 Å². The lowest BCUT2D eigenvalue weighted by Crippen LogP contribution is -2.12. The normalized spacial score (nSPS) is 10.6. The van der Waals surface area contributed by atoms with E-state index in [-0.39, 0.29) is 12.3 Å². The SMILES string of the molecule is Cc1ccc(NC(=O)CCc2nc(-c3ccccn3)no2)cc1C. The zero-order valence-corrected chi connectivity index (χ0v) is 13.6. The fourth-order valence-electron chi connectivity index (χ4n) is 2.22. The number of carbonyl (C=O) groups is 1. The summed E-state index contributed by atoms with van der Waals surface area (Å²) in [4.78, 5) is 20.5. The molecule has 24 heavy (non-hydrogen) atoms. The van der Waals surface area contributed by atoms with Gasteiger partial charge in [-0.05, 0) is 49.2 Å². The molecule has 2 heterocycles. The Labute approximate surface area is 139 Å². The van der Waals surface area contributed by atoms with Crippen molar-refractivity contribution in [3.8, 4) is 11.5 Å². The smallest absolute Gasteiger partial charge is 0.227 e. The Morgan fingerprint density at radius 2 is 2.04 bits per heavy atom. The number of amides is 1. The minimum absolute atomic E-state index is 0.0872. The van der Waals surface area contributed by atoms with E-state index in [0.717, 1.165) is 11.3 Å². The van der Waals surface area contributed by atoms with Gasteiger partial charge >= 0.3 is 0 Å². The topological polar surface area (TPSA) is 80.9 Å². The van der Waals surface area contributed by atoms with Crippen LogP contribution in [-0.4, -0.2) is 21.0 Å². The Hall–Kier alpha value is -3.02. The first kappa shape index (κ1) is 15.9. The van der Waals surface area contributed by atoms with Gasteiger partial charge in [0.15, 0.2) is 0 Å². The van der Waals surface area contributed by atoms with Crippen LogP contribution in [0.1, 0.15) is 23.4 Å². The van der Waals surface area contributed by atoms with Gasteiger partial charge in [0.05, 0.1) is 0 Å². The molecule has 0 fully saturated rings. The van der Waals surface area contributed by atoms with Gasteiger partial charge in [-0.15, -0.1) is 0 Å². The van der Waals surface area contributed by atoms with Crippen LogP contribution in [0.5, 0.6) is 0 Å². The number of rotatable bonds is 5. The lowest BCUT2D eigenvalue weighted by Gasteiger charge is -2.06. The molecule has 122 valence electrons. The Balaban J connectivity index is 1.56. The first-order chi connectivity index (χ1) is 11.6. The highest BCUT2D eigenvalue weighted by atomic mass is 16.5. The predicted octanol–water partition coefficient (Wildman–Crippen LogP) is 3.32. The zero-order chi connectivity index (χ0) is 16.9. The molecule has 6 nitrogen and oxygen atoms in total. The number of benzene rings is 1. The molecule has 1 aromatic carbocycles. The number of nitrogens with one attached hydrogen (secondary N) is 1. The molecular weight excluding hydrogens is 304 g/mol. The van der Waals surface area contributed by atoms with E-state index in [9.17, 15) is 4.79 Å². The minimum atomic E-state index is -0.0872. The lowest BCUT2D eigenvalue weighted by atomic mass is 10.1. The minimum Gasteiger partial charge on any atom is -0.339 e. The van der Waals surface area contributed by atoms with Crippen LogP contribution < -0.4 is 5.32 Å². The van der Waals surface area contributed by atoms with Gasteiger partial charge < -0.3 is 9.84 Å². The lowest BCUT2D eigenvalue weighted by molar-refractivity contribution is -0.116. The summed E-state index contributed by atoms with van der Waals surface area (Å²) in [6, 6.07) is 11.3. The summed E-state index contributed by atoms with van der Waals surface area (Å²) >= 11 is 0. The monoisotopic (exact) mass is 322 g/mol. The maximum Gasteiger partial charge on any atom is 0.227 e. The largest absolute Gasteiger partial charge is 0.339 e. The van der Waals surface area contributed by atoms with E-state index in [1.54, 1.807) is 12.3 Å². The predicted molar refractivity (Wildman–Crippen MR) is 90.4 cm³/mol. The van der Waals surface area contributed by atoms with Crippen molar-refractivity contribution >= 4 is 11.6 Å². The van der Waals surface area contributed by atoms with Crippen molar-refractivity contribution < 1.29 is 9.32 Å². The van der Waals surface area contributed by atoms with Crippen LogP contribution in [-0.2, 0) is 11.2 Å². The number of hydrogen-bond donors (Lipinski definition) is 1. The molecule has 0 saturated carbocycles. The number of pyridine rings is 1. The van der Waals surface area contributed by atoms with Crippen molar-refractivity contribution in [1.82, 2.24) is 15.1 Å². The van der Waals surface area contributed by atoms with Gasteiger partial charge in [0.1, 0.15) is 5.69 Å². The van der Waals surface area contributed by atoms with E-state index in [0.29, 0.717) is 23.8 Å². The van der Waals surface area contributed by atoms with E-state index >= 15 is 0 Å². The summed E-state index contributed by atoms with van der Waals surface area (Å²) in [6.07, 6.45) is 2.33. The number of anilines is 1. The fourth-order valence-corrected chi connectivity index (χ4v) is 2.22. The van der Waals surface area contributed by atoms with Crippen molar-refractivity contribution in [2.45, 2.75) is 26.7 Å². The fraction of sp³-hybridized carbons (Fsp3) is 0.222. The molecule has 0 bridgehead atoms. The number of hydrogen-bond acceptors (Lipinski definition) is 5. The first-order valence-corrected chi connectivity index (χ1v) is 7.73. The van der Waals surface area contributed by atoms with Crippen molar-refractivity contribution in [2.24, 2.45) is 0 Å². The van der Waals surface area contributed by atoms with Crippen LogP contribution in [0.2, 0.25) is 0 Å². The van der Waals surface area contributed by atoms with E-state index in [2.05, 4.69) is 20.4 Å². The summed E-state index contributed by atoms with van der Waals surface area (Å²) < 4.78 is 5.17. The third-order valence-electron chi connectivity index (χ3n) is 3.72. The number of nitrogens with zero attached hydrogens (tertiary/aromatic N) is 3. The van der Waals surface area contributed by atoms with Gasteiger partial charge in [-0.3, -0.25) is 9.78 Å². The highest BCUT2D eigenvalue weighted by Crippen LogP contribution is 2.15. The standard InChI is InChI=1S/C18H18N4O2/c1-12-6-7-14(11-13(12)2)20-16(23)8-9-17-21-18(22-24-17)15-5-3-4-10-19-15/h3-7,10-11H,8-9H2,1-2H3,(H,20,23). The maximum absolute atomic E-state index is 12.0. The molecule has 0 saturated heterocycles.